The molecule has 2 unspecified atom stereocenters. The first-order valence-corrected chi connectivity index (χ1v) is 9.93. The highest BCUT2D eigenvalue weighted by Gasteiger charge is 2.46. The van der Waals surface area contributed by atoms with Crippen LogP contribution in [0.5, 0.6) is 17.2 Å². The number of aromatic nitrogens is 1. The molecule has 1 aromatic carbocycles. The zero-order valence-electron chi connectivity index (χ0n) is 15.7. The summed E-state index contributed by atoms with van der Waals surface area (Å²) < 4.78 is 15.8. The van der Waals surface area contributed by atoms with Crippen molar-refractivity contribution in [2.45, 2.75) is 30.0 Å². The number of carboxylic acids is 1. The molecule has 0 amide bonds. The Bertz CT molecular complexity index is 827. The number of carboxylic acid groups (broad SMARTS) is 1. The Morgan fingerprint density at radius 2 is 1.81 bits per heavy atom. The van der Waals surface area contributed by atoms with Gasteiger partial charge in [-0.25, -0.2) is 4.98 Å². The summed E-state index contributed by atoms with van der Waals surface area (Å²) in [5.41, 5.74) is 0.894. The van der Waals surface area contributed by atoms with Gasteiger partial charge < -0.3 is 19.3 Å². The van der Waals surface area contributed by atoms with Crippen molar-refractivity contribution in [3.8, 4) is 27.7 Å². The Labute approximate surface area is 166 Å². The topological polar surface area (TPSA) is 89.9 Å². The van der Waals surface area contributed by atoms with E-state index in [2.05, 4.69) is 10.3 Å². The lowest BCUT2D eigenvalue weighted by Crippen LogP contribution is -2.43. The number of thiazole rings is 1. The van der Waals surface area contributed by atoms with E-state index in [0.29, 0.717) is 17.2 Å². The highest BCUT2D eigenvalue weighted by atomic mass is 32.2. The molecule has 1 aliphatic rings. The molecule has 1 aliphatic heterocycles. The van der Waals surface area contributed by atoms with Crippen molar-refractivity contribution in [2.24, 2.45) is 0 Å². The molecule has 0 spiro atoms. The van der Waals surface area contributed by atoms with Gasteiger partial charge in [0.1, 0.15) is 16.4 Å². The molecule has 0 aliphatic carbocycles. The van der Waals surface area contributed by atoms with Crippen molar-refractivity contribution in [1.29, 1.82) is 0 Å². The summed E-state index contributed by atoms with van der Waals surface area (Å²) in [5, 5.41) is 13.3. The summed E-state index contributed by atoms with van der Waals surface area (Å²) in [4.78, 5) is 16.9. The van der Waals surface area contributed by atoms with Gasteiger partial charge in [0.05, 0.1) is 26.2 Å². The molecule has 2 N–H and O–H groups in total. The Kier molecular flexibility index (Phi) is 5.55. The van der Waals surface area contributed by atoms with Crippen molar-refractivity contribution in [1.82, 2.24) is 10.3 Å². The maximum atomic E-state index is 11.5. The first-order chi connectivity index (χ1) is 12.8. The molecular formula is C18H22N2O5S2. The predicted molar refractivity (Wildman–Crippen MR) is 106 cm³/mol. The Balaban J connectivity index is 1.92. The van der Waals surface area contributed by atoms with E-state index in [1.807, 2.05) is 26.0 Å². The average molecular weight is 411 g/mol. The Morgan fingerprint density at radius 3 is 2.30 bits per heavy atom. The second kappa shape index (κ2) is 7.57. The van der Waals surface area contributed by atoms with Gasteiger partial charge in [-0.3, -0.25) is 10.1 Å². The maximum Gasteiger partial charge on any atom is 0.322 e. The monoisotopic (exact) mass is 410 g/mol. The minimum atomic E-state index is -0.851. The molecule has 3 rings (SSSR count). The highest BCUT2D eigenvalue weighted by Crippen LogP contribution is 2.48. The average Bonchev–Trinajstić information content (AvgIpc) is 3.24. The van der Waals surface area contributed by atoms with E-state index in [1.54, 1.807) is 39.3 Å². The van der Waals surface area contributed by atoms with Crippen LogP contribution >= 0.6 is 23.1 Å². The lowest BCUT2D eigenvalue weighted by Gasteiger charge is -2.20. The number of aliphatic carboxylic acids is 1. The fourth-order valence-electron chi connectivity index (χ4n) is 3.01. The maximum absolute atomic E-state index is 11.5. The van der Waals surface area contributed by atoms with Gasteiger partial charge in [-0.2, -0.15) is 0 Å². The van der Waals surface area contributed by atoms with E-state index in [9.17, 15) is 9.90 Å². The Morgan fingerprint density at radius 1 is 1.19 bits per heavy atom. The number of methoxy groups -OCH3 is 3. The van der Waals surface area contributed by atoms with Crippen LogP contribution < -0.4 is 19.5 Å². The van der Waals surface area contributed by atoms with Crippen LogP contribution in [-0.4, -0.2) is 48.2 Å². The highest BCUT2D eigenvalue weighted by molar-refractivity contribution is 8.01. The van der Waals surface area contributed by atoms with E-state index in [0.717, 1.165) is 15.4 Å². The number of benzene rings is 1. The number of hydrogen-bond acceptors (Lipinski definition) is 8. The molecule has 2 aromatic rings. The standard InChI is InChI=1S/C18H22N2O5S2/c1-18(2)14(17(21)22)20-16(27-18)15-19-8-12(26-15)9-6-10(23-3)13(25-5)11(7-9)24-4/h6-8,14,16,20H,1-5H3,(H,21,22). The molecular weight excluding hydrogens is 388 g/mol. The molecule has 9 heteroatoms. The van der Waals surface area contributed by atoms with Crippen LogP contribution in [0.1, 0.15) is 24.2 Å². The van der Waals surface area contributed by atoms with E-state index < -0.39 is 16.8 Å². The number of hydrogen-bond donors (Lipinski definition) is 2. The largest absolute Gasteiger partial charge is 0.493 e. The molecule has 7 nitrogen and oxygen atoms in total. The quantitative estimate of drug-likeness (QED) is 0.749. The van der Waals surface area contributed by atoms with Gasteiger partial charge in [0.25, 0.3) is 0 Å². The minimum absolute atomic E-state index is 0.165. The van der Waals surface area contributed by atoms with Crippen molar-refractivity contribution < 1.29 is 24.1 Å². The lowest BCUT2D eigenvalue weighted by molar-refractivity contribution is -0.139. The normalized spacial score (nSPS) is 21.1. The molecule has 1 aromatic heterocycles. The first-order valence-electron chi connectivity index (χ1n) is 8.23. The van der Waals surface area contributed by atoms with Gasteiger partial charge in [0.2, 0.25) is 5.75 Å². The smallest absolute Gasteiger partial charge is 0.322 e. The molecule has 1 fully saturated rings. The summed E-state index contributed by atoms with van der Waals surface area (Å²) in [7, 11) is 4.72. The van der Waals surface area contributed by atoms with Gasteiger partial charge in [0, 0.05) is 16.5 Å². The molecule has 0 radical (unpaired) electrons. The molecule has 2 atom stereocenters. The molecule has 0 saturated carbocycles. The van der Waals surface area contributed by atoms with Crippen LogP contribution in [-0.2, 0) is 4.79 Å². The fraction of sp³-hybridized carbons (Fsp3) is 0.444. The molecule has 27 heavy (non-hydrogen) atoms. The number of nitrogens with zero attached hydrogens (tertiary/aromatic N) is 1. The summed E-state index contributed by atoms with van der Waals surface area (Å²) >= 11 is 3.08. The Hall–Kier alpha value is -1.97. The molecule has 1 saturated heterocycles. The van der Waals surface area contributed by atoms with Crippen molar-refractivity contribution >= 4 is 29.1 Å². The minimum Gasteiger partial charge on any atom is -0.493 e. The zero-order chi connectivity index (χ0) is 19.8. The summed E-state index contributed by atoms with van der Waals surface area (Å²) in [6.45, 7) is 3.86. The number of thioether (sulfide) groups is 1. The third-order valence-electron chi connectivity index (χ3n) is 4.38. The second-order valence-corrected chi connectivity index (χ2v) is 9.34. The van der Waals surface area contributed by atoms with Crippen LogP contribution in [0.2, 0.25) is 0 Å². The molecule has 146 valence electrons. The zero-order valence-corrected chi connectivity index (χ0v) is 17.4. The van der Waals surface area contributed by atoms with Crippen molar-refractivity contribution in [3.05, 3.63) is 23.3 Å². The van der Waals surface area contributed by atoms with Gasteiger partial charge in [-0.1, -0.05) is 0 Å². The van der Waals surface area contributed by atoms with Gasteiger partial charge >= 0.3 is 5.97 Å². The lowest BCUT2D eigenvalue weighted by atomic mass is 10.0. The van der Waals surface area contributed by atoms with Crippen LogP contribution in [0, 0.1) is 0 Å². The molecule has 0 bridgehead atoms. The van der Waals surface area contributed by atoms with E-state index in [1.165, 1.54) is 11.3 Å². The summed E-state index contributed by atoms with van der Waals surface area (Å²) in [6, 6.07) is 3.12. The van der Waals surface area contributed by atoms with Crippen molar-refractivity contribution in [3.63, 3.8) is 0 Å². The third-order valence-corrected chi connectivity index (χ3v) is 7.08. The predicted octanol–water partition coefficient (Wildman–Crippen LogP) is 3.40. The van der Waals surface area contributed by atoms with E-state index in [4.69, 9.17) is 14.2 Å². The summed E-state index contributed by atoms with van der Waals surface area (Å²) in [5.74, 6) is 0.827. The SMILES string of the molecule is COc1cc(-c2cnc(C3NC(C(=O)O)C(C)(C)S3)s2)cc(OC)c1OC. The number of ether oxygens (including phenoxy) is 3. The third kappa shape index (κ3) is 3.71. The van der Waals surface area contributed by atoms with E-state index in [-0.39, 0.29) is 5.37 Å². The van der Waals surface area contributed by atoms with Crippen LogP contribution in [0.4, 0.5) is 0 Å². The fourth-order valence-corrected chi connectivity index (χ4v) is 5.43. The van der Waals surface area contributed by atoms with Gasteiger partial charge in [-0.05, 0) is 26.0 Å². The van der Waals surface area contributed by atoms with Crippen LogP contribution in [0.15, 0.2) is 18.3 Å². The van der Waals surface area contributed by atoms with Crippen LogP contribution in [0.3, 0.4) is 0 Å². The van der Waals surface area contributed by atoms with Gasteiger partial charge in [0.15, 0.2) is 11.5 Å². The van der Waals surface area contributed by atoms with Crippen molar-refractivity contribution in [2.75, 3.05) is 21.3 Å². The number of rotatable bonds is 6. The number of carbonyl (C=O) groups is 1. The van der Waals surface area contributed by atoms with Crippen LogP contribution in [0.25, 0.3) is 10.4 Å². The summed E-state index contributed by atoms with van der Waals surface area (Å²) in [6.07, 6.45) is 1.78. The second-order valence-electron chi connectivity index (χ2n) is 6.52. The first kappa shape index (κ1) is 19.8. The number of nitrogens with one attached hydrogen (secondary N) is 1. The molecule has 2 heterocycles. The van der Waals surface area contributed by atoms with E-state index >= 15 is 0 Å². The van der Waals surface area contributed by atoms with Gasteiger partial charge in [-0.15, -0.1) is 23.1 Å².